The van der Waals surface area contributed by atoms with E-state index >= 15 is 0 Å². The molecule has 0 amide bonds. The average Bonchev–Trinajstić information content (AvgIpc) is 2.48. The largest absolute Gasteiger partial charge is 0.456 e. The van der Waals surface area contributed by atoms with Gasteiger partial charge in [-0.3, -0.25) is 4.98 Å². The van der Waals surface area contributed by atoms with Crippen LogP contribution in [-0.4, -0.2) is 11.2 Å². The van der Waals surface area contributed by atoms with Crippen LogP contribution in [0.5, 0.6) is 11.5 Å². The van der Waals surface area contributed by atoms with Crippen LogP contribution in [0.1, 0.15) is 25.1 Å². The second-order valence-corrected chi connectivity index (χ2v) is 5.09. The lowest BCUT2D eigenvalue weighted by molar-refractivity contribution is 0.478. The highest BCUT2D eigenvalue weighted by Gasteiger charge is 2.05. The Morgan fingerprint density at radius 3 is 2.37 bits per heavy atom. The molecule has 1 heterocycles. The van der Waals surface area contributed by atoms with E-state index in [2.05, 4.69) is 11.2 Å². The molecule has 19 heavy (non-hydrogen) atoms. The van der Waals surface area contributed by atoms with Crippen molar-refractivity contribution in [3.63, 3.8) is 0 Å². The summed E-state index contributed by atoms with van der Waals surface area (Å²) >= 11 is 1.71. The van der Waals surface area contributed by atoms with Gasteiger partial charge in [0.25, 0.3) is 0 Å². The van der Waals surface area contributed by atoms with Crippen LogP contribution >= 0.6 is 11.8 Å². The van der Waals surface area contributed by atoms with Crippen LogP contribution in [0, 0.1) is 0 Å². The molecule has 2 N–H and O–H groups in total. The van der Waals surface area contributed by atoms with E-state index in [-0.39, 0.29) is 6.04 Å². The Balaban J connectivity index is 2.06. The lowest BCUT2D eigenvalue weighted by Crippen LogP contribution is -2.10. The number of thioether (sulfide) groups is 1. The number of hydrogen-bond donors (Lipinski definition) is 1. The summed E-state index contributed by atoms with van der Waals surface area (Å²) in [6, 6.07) is 11.8. The molecule has 0 saturated carbocycles. The number of benzene rings is 1. The third kappa shape index (κ3) is 3.72. The molecule has 4 heteroatoms. The van der Waals surface area contributed by atoms with Crippen LogP contribution in [0.4, 0.5) is 0 Å². The Morgan fingerprint density at radius 2 is 1.84 bits per heavy atom. The number of nitrogens with two attached hydrogens (primary N) is 1. The molecule has 0 spiro atoms. The average molecular weight is 274 g/mol. The fourth-order valence-corrected chi connectivity index (χ4v) is 2.07. The highest BCUT2D eigenvalue weighted by atomic mass is 32.2. The van der Waals surface area contributed by atoms with Crippen molar-refractivity contribution in [1.29, 1.82) is 0 Å². The van der Waals surface area contributed by atoms with Crippen LogP contribution in [-0.2, 0) is 0 Å². The van der Waals surface area contributed by atoms with Crippen LogP contribution in [0.25, 0.3) is 0 Å². The molecule has 0 fully saturated rings. The third-order valence-corrected chi connectivity index (χ3v) is 3.62. The zero-order chi connectivity index (χ0) is 13.7. The molecule has 0 bridgehead atoms. The minimum absolute atomic E-state index is 0.00471. The Morgan fingerprint density at radius 1 is 1.16 bits per heavy atom. The molecule has 100 valence electrons. The summed E-state index contributed by atoms with van der Waals surface area (Å²) in [5.74, 6) is 1.54. The van der Waals surface area contributed by atoms with Crippen LogP contribution < -0.4 is 10.5 Å². The summed E-state index contributed by atoms with van der Waals surface area (Å²) in [4.78, 5) is 5.54. The van der Waals surface area contributed by atoms with E-state index in [0.29, 0.717) is 0 Å². The Labute approximate surface area is 118 Å². The van der Waals surface area contributed by atoms with Gasteiger partial charge in [-0.15, -0.1) is 11.8 Å². The molecule has 2 rings (SSSR count). The number of nitrogens with zero attached hydrogens (tertiary/aromatic N) is 1. The van der Waals surface area contributed by atoms with E-state index in [0.717, 1.165) is 23.6 Å². The van der Waals surface area contributed by atoms with Crippen molar-refractivity contribution in [3.8, 4) is 11.5 Å². The molecule has 1 aromatic carbocycles. The Kier molecular flexibility index (Phi) is 4.82. The fraction of sp³-hybridized carbons (Fsp3) is 0.267. The molecule has 0 aliphatic heterocycles. The molecule has 3 nitrogen and oxygen atoms in total. The first-order valence-electron chi connectivity index (χ1n) is 6.26. The van der Waals surface area contributed by atoms with E-state index in [1.807, 2.05) is 43.3 Å². The first-order valence-corrected chi connectivity index (χ1v) is 7.49. The number of aromatic nitrogens is 1. The van der Waals surface area contributed by atoms with Crippen molar-refractivity contribution in [2.24, 2.45) is 5.73 Å². The van der Waals surface area contributed by atoms with Gasteiger partial charge in [0.05, 0.1) is 11.9 Å². The molecule has 0 unspecified atom stereocenters. The summed E-state index contributed by atoms with van der Waals surface area (Å²) in [6.45, 7) is 2.05. The predicted molar refractivity (Wildman–Crippen MR) is 79.8 cm³/mol. The van der Waals surface area contributed by atoms with Gasteiger partial charge < -0.3 is 10.5 Å². The lowest BCUT2D eigenvalue weighted by atomic mass is 10.1. The molecule has 1 aromatic heterocycles. The van der Waals surface area contributed by atoms with Crippen LogP contribution in [0.3, 0.4) is 0 Å². The highest BCUT2D eigenvalue weighted by Crippen LogP contribution is 2.24. The summed E-state index contributed by atoms with van der Waals surface area (Å²) in [7, 11) is 0. The van der Waals surface area contributed by atoms with Gasteiger partial charge in [-0.25, -0.2) is 0 Å². The van der Waals surface area contributed by atoms with Gasteiger partial charge in [-0.05, 0) is 49.1 Å². The Hall–Kier alpha value is -1.52. The summed E-state index contributed by atoms with van der Waals surface area (Å²) in [6.07, 6.45) is 4.65. The maximum atomic E-state index is 5.92. The van der Waals surface area contributed by atoms with E-state index in [1.165, 1.54) is 4.90 Å². The van der Waals surface area contributed by atoms with E-state index in [4.69, 9.17) is 10.5 Å². The van der Waals surface area contributed by atoms with Crippen LogP contribution in [0.2, 0.25) is 0 Å². The lowest BCUT2D eigenvalue weighted by Gasteiger charge is -2.09. The van der Waals surface area contributed by atoms with Crippen molar-refractivity contribution in [1.82, 2.24) is 4.98 Å². The molecule has 0 aliphatic rings. The zero-order valence-electron chi connectivity index (χ0n) is 11.2. The third-order valence-electron chi connectivity index (χ3n) is 2.87. The monoisotopic (exact) mass is 274 g/mol. The molecule has 1 atom stereocenters. The van der Waals surface area contributed by atoms with E-state index in [1.54, 1.807) is 18.0 Å². The highest BCUT2D eigenvalue weighted by molar-refractivity contribution is 7.98. The van der Waals surface area contributed by atoms with Crippen LogP contribution in [0.15, 0.2) is 47.5 Å². The second-order valence-electron chi connectivity index (χ2n) is 4.21. The van der Waals surface area contributed by atoms with Gasteiger partial charge in [-0.2, -0.15) is 0 Å². The van der Waals surface area contributed by atoms with E-state index < -0.39 is 0 Å². The number of pyridine rings is 1. The normalized spacial score (nSPS) is 12.2. The minimum atomic E-state index is -0.00471. The molecule has 0 saturated heterocycles. The Bertz CT molecular complexity index is 511. The molecule has 0 radical (unpaired) electrons. The molecular formula is C15H18N2OS. The quantitative estimate of drug-likeness (QED) is 0.837. The summed E-state index contributed by atoms with van der Waals surface area (Å²) < 4.78 is 5.73. The van der Waals surface area contributed by atoms with Crippen molar-refractivity contribution in [2.75, 3.05) is 6.26 Å². The molecule has 2 aromatic rings. The van der Waals surface area contributed by atoms with Crippen molar-refractivity contribution in [3.05, 3.63) is 48.3 Å². The SMILES string of the molecule is CC[C@@H](N)c1ccc(Oc2ccc(SC)cc2)cn1. The smallest absolute Gasteiger partial charge is 0.145 e. The van der Waals surface area contributed by atoms with Gasteiger partial charge in [0.2, 0.25) is 0 Å². The second kappa shape index (κ2) is 6.59. The van der Waals surface area contributed by atoms with Gasteiger partial charge in [-0.1, -0.05) is 6.92 Å². The summed E-state index contributed by atoms with van der Waals surface area (Å²) in [5, 5.41) is 0. The topological polar surface area (TPSA) is 48.1 Å². The summed E-state index contributed by atoms with van der Waals surface area (Å²) in [5.41, 5.74) is 6.82. The number of hydrogen-bond acceptors (Lipinski definition) is 4. The molecule has 0 aliphatic carbocycles. The first kappa shape index (κ1) is 13.9. The zero-order valence-corrected chi connectivity index (χ0v) is 12.0. The van der Waals surface area contributed by atoms with Crippen molar-refractivity contribution in [2.45, 2.75) is 24.3 Å². The maximum Gasteiger partial charge on any atom is 0.145 e. The number of rotatable bonds is 5. The number of ether oxygens (including phenoxy) is 1. The molecular weight excluding hydrogens is 256 g/mol. The first-order chi connectivity index (χ1) is 9.22. The van der Waals surface area contributed by atoms with E-state index in [9.17, 15) is 0 Å². The minimum Gasteiger partial charge on any atom is -0.456 e. The van der Waals surface area contributed by atoms with Crippen molar-refractivity contribution < 1.29 is 4.74 Å². The van der Waals surface area contributed by atoms with Gasteiger partial charge in [0.1, 0.15) is 11.5 Å². The predicted octanol–water partition coefficient (Wildman–Crippen LogP) is 4.01. The fourth-order valence-electron chi connectivity index (χ4n) is 1.66. The van der Waals surface area contributed by atoms with Gasteiger partial charge in [0.15, 0.2) is 0 Å². The van der Waals surface area contributed by atoms with Gasteiger partial charge in [0, 0.05) is 10.9 Å². The van der Waals surface area contributed by atoms with Crippen molar-refractivity contribution >= 4 is 11.8 Å². The maximum absolute atomic E-state index is 5.92. The van der Waals surface area contributed by atoms with Gasteiger partial charge >= 0.3 is 0 Å². The standard InChI is InChI=1S/C15H18N2OS/c1-3-14(16)15-9-6-12(10-17-15)18-11-4-7-13(19-2)8-5-11/h4-10,14H,3,16H2,1-2H3/t14-/m1/s1.